The van der Waals surface area contributed by atoms with Crippen LogP contribution >= 0.6 is 0 Å². The Morgan fingerprint density at radius 2 is 1.80 bits per heavy atom. The van der Waals surface area contributed by atoms with Crippen LogP contribution in [0.25, 0.3) is 0 Å². The summed E-state index contributed by atoms with van der Waals surface area (Å²) in [5.41, 5.74) is 7.68. The summed E-state index contributed by atoms with van der Waals surface area (Å²) in [6.07, 6.45) is 0.394. The van der Waals surface area contributed by atoms with Gasteiger partial charge in [0.15, 0.2) is 0 Å². The van der Waals surface area contributed by atoms with Crippen LogP contribution in [0.3, 0.4) is 0 Å². The molecule has 0 fully saturated rings. The molecule has 6 heteroatoms. The highest BCUT2D eigenvalue weighted by atomic mass is 16.2. The third-order valence-electron chi connectivity index (χ3n) is 2.86. The molecule has 0 saturated carbocycles. The lowest BCUT2D eigenvalue weighted by molar-refractivity contribution is -0.128. The molecule has 1 rings (SSSR count). The number of hydrogen-bond acceptors (Lipinski definition) is 4. The Morgan fingerprint density at radius 3 is 2.30 bits per heavy atom. The summed E-state index contributed by atoms with van der Waals surface area (Å²) in [5.74, 6) is -0.0403. The van der Waals surface area contributed by atoms with Crippen LogP contribution < -0.4 is 11.1 Å². The van der Waals surface area contributed by atoms with Crippen molar-refractivity contribution in [3.63, 3.8) is 0 Å². The number of nitrogens with two attached hydrogens (primary N) is 1. The van der Waals surface area contributed by atoms with Gasteiger partial charge in [0, 0.05) is 46.7 Å². The van der Waals surface area contributed by atoms with E-state index in [0.29, 0.717) is 24.2 Å². The van der Waals surface area contributed by atoms with Crippen LogP contribution in [0.2, 0.25) is 0 Å². The molecule has 3 N–H and O–H groups in total. The van der Waals surface area contributed by atoms with Crippen molar-refractivity contribution in [2.75, 3.05) is 45.8 Å². The van der Waals surface area contributed by atoms with Crippen molar-refractivity contribution < 1.29 is 9.59 Å². The van der Waals surface area contributed by atoms with Crippen LogP contribution in [-0.4, -0.2) is 56.3 Å². The van der Waals surface area contributed by atoms with Gasteiger partial charge in [0.2, 0.25) is 5.91 Å². The van der Waals surface area contributed by atoms with Gasteiger partial charge in [-0.25, -0.2) is 0 Å². The molecular formula is C14H22N4O2. The SMILES string of the molecule is CN(C)C(=O)CCNc1ccc(C(=O)N(C)C)cc1N. The Kier molecular flexibility index (Phi) is 5.37. The summed E-state index contributed by atoms with van der Waals surface area (Å²) in [6.45, 7) is 0.502. The van der Waals surface area contributed by atoms with Crippen LogP contribution in [0.15, 0.2) is 18.2 Å². The molecule has 0 aromatic heterocycles. The first-order valence-electron chi connectivity index (χ1n) is 6.38. The number of carbonyl (C=O) groups excluding carboxylic acids is 2. The van der Waals surface area contributed by atoms with Crippen LogP contribution in [0.4, 0.5) is 11.4 Å². The van der Waals surface area contributed by atoms with E-state index >= 15 is 0 Å². The van der Waals surface area contributed by atoms with Gasteiger partial charge < -0.3 is 20.9 Å². The molecule has 0 radical (unpaired) electrons. The van der Waals surface area contributed by atoms with Crippen molar-refractivity contribution >= 4 is 23.2 Å². The zero-order valence-corrected chi connectivity index (χ0v) is 12.4. The summed E-state index contributed by atoms with van der Waals surface area (Å²) in [6, 6.07) is 5.11. The van der Waals surface area contributed by atoms with Crippen molar-refractivity contribution in [3.8, 4) is 0 Å². The highest BCUT2D eigenvalue weighted by Gasteiger charge is 2.10. The number of amides is 2. The first-order valence-corrected chi connectivity index (χ1v) is 6.38. The smallest absolute Gasteiger partial charge is 0.253 e. The van der Waals surface area contributed by atoms with Gasteiger partial charge in [-0.3, -0.25) is 9.59 Å². The molecule has 0 unspecified atom stereocenters. The Labute approximate surface area is 119 Å². The molecule has 0 aliphatic heterocycles. The van der Waals surface area contributed by atoms with Crippen molar-refractivity contribution in [1.29, 1.82) is 0 Å². The van der Waals surface area contributed by atoms with Crippen molar-refractivity contribution in [2.45, 2.75) is 6.42 Å². The number of nitrogen functional groups attached to an aromatic ring is 1. The minimum absolute atomic E-state index is 0.0514. The summed E-state index contributed by atoms with van der Waals surface area (Å²) >= 11 is 0. The predicted octanol–water partition coefficient (Wildman–Crippen LogP) is 0.861. The van der Waals surface area contributed by atoms with E-state index in [-0.39, 0.29) is 11.8 Å². The second-order valence-corrected chi connectivity index (χ2v) is 4.97. The topological polar surface area (TPSA) is 78.7 Å². The van der Waals surface area contributed by atoms with Gasteiger partial charge in [-0.1, -0.05) is 0 Å². The molecule has 0 aliphatic rings. The van der Waals surface area contributed by atoms with E-state index in [2.05, 4.69) is 5.32 Å². The number of anilines is 2. The number of hydrogen-bond donors (Lipinski definition) is 2. The summed E-state index contributed by atoms with van der Waals surface area (Å²) < 4.78 is 0. The second-order valence-electron chi connectivity index (χ2n) is 4.97. The molecule has 1 aromatic carbocycles. The molecule has 20 heavy (non-hydrogen) atoms. The third kappa shape index (κ3) is 4.15. The average molecular weight is 278 g/mol. The fourth-order valence-electron chi connectivity index (χ4n) is 1.64. The zero-order chi connectivity index (χ0) is 15.3. The van der Waals surface area contributed by atoms with Gasteiger partial charge in [-0.2, -0.15) is 0 Å². The van der Waals surface area contributed by atoms with Crippen LogP contribution in [0, 0.1) is 0 Å². The molecule has 0 atom stereocenters. The first kappa shape index (κ1) is 15.8. The van der Waals surface area contributed by atoms with Crippen molar-refractivity contribution in [2.24, 2.45) is 0 Å². The fraction of sp³-hybridized carbons (Fsp3) is 0.429. The minimum atomic E-state index is -0.0916. The largest absolute Gasteiger partial charge is 0.397 e. The van der Waals surface area contributed by atoms with Gasteiger partial charge in [0.05, 0.1) is 11.4 Å². The molecule has 0 bridgehead atoms. The van der Waals surface area contributed by atoms with Gasteiger partial charge in [-0.05, 0) is 18.2 Å². The van der Waals surface area contributed by atoms with Gasteiger partial charge >= 0.3 is 0 Å². The van der Waals surface area contributed by atoms with Crippen LogP contribution in [-0.2, 0) is 4.79 Å². The minimum Gasteiger partial charge on any atom is -0.397 e. The monoisotopic (exact) mass is 278 g/mol. The Balaban J connectivity index is 2.65. The van der Waals surface area contributed by atoms with E-state index in [1.165, 1.54) is 4.90 Å². The lowest BCUT2D eigenvalue weighted by Crippen LogP contribution is -2.24. The molecule has 6 nitrogen and oxygen atoms in total. The lowest BCUT2D eigenvalue weighted by atomic mass is 10.1. The van der Waals surface area contributed by atoms with Gasteiger partial charge in [0.25, 0.3) is 5.91 Å². The number of benzene rings is 1. The summed E-state index contributed by atoms with van der Waals surface area (Å²) in [7, 11) is 6.83. The molecule has 2 amide bonds. The first-order chi connectivity index (χ1) is 9.32. The quantitative estimate of drug-likeness (QED) is 0.783. The normalized spacial score (nSPS) is 10.0. The molecule has 0 aliphatic carbocycles. The molecule has 0 heterocycles. The molecule has 110 valence electrons. The number of nitrogens with one attached hydrogen (secondary N) is 1. The van der Waals surface area contributed by atoms with E-state index in [1.54, 1.807) is 51.3 Å². The Bertz CT molecular complexity index is 498. The van der Waals surface area contributed by atoms with E-state index in [4.69, 9.17) is 5.73 Å². The van der Waals surface area contributed by atoms with E-state index in [9.17, 15) is 9.59 Å². The van der Waals surface area contributed by atoms with Crippen molar-refractivity contribution in [3.05, 3.63) is 23.8 Å². The van der Waals surface area contributed by atoms with Crippen LogP contribution in [0.5, 0.6) is 0 Å². The van der Waals surface area contributed by atoms with Crippen LogP contribution in [0.1, 0.15) is 16.8 Å². The number of carbonyl (C=O) groups is 2. The van der Waals surface area contributed by atoms with E-state index in [1.807, 2.05) is 0 Å². The zero-order valence-electron chi connectivity index (χ0n) is 12.4. The Morgan fingerprint density at radius 1 is 1.15 bits per heavy atom. The van der Waals surface area contributed by atoms with E-state index < -0.39 is 0 Å². The predicted molar refractivity (Wildman–Crippen MR) is 80.7 cm³/mol. The number of nitrogens with zero attached hydrogens (tertiary/aromatic N) is 2. The van der Waals surface area contributed by atoms with Gasteiger partial charge in [-0.15, -0.1) is 0 Å². The highest BCUT2D eigenvalue weighted by molar-refractivity contribution is 5.95. The maximum Gasteiger partial charge on any atom is 0.253 e. The fourth-order valence-corrected chi connectivity index (χ4v) is 1.64. The van der Waals surface area contributed by atoms with Crippen molar-refractivity contribution in [1.82, 2.24) is 9.80 Å². The average Bonchev–Trinajstić information content (AvgIpc) is 2.39. The summed E-state index contributed by atoms with van der Waals surface area (Å²) in [4.78, 5) is 26.3. The lowest BCUT2D eigenvalue weighted by Gasteiger charge is -2.14. The third-order valence-corrected chi connectivity index (χ3v) is 2.86. The molecular weight excluding hydrogens is 256 g/mol. The standard InChI is InChI=1S/C14H22N4O2/c1-17(2)13(19)7-8-16-12-6-5-10(9-11(12)15)14(20)18(3)4/h5-6,9,16H,7-8,15H2,1-4H3. The molecule has 1 aromatic rings. The second kappa shape index (κ2) is 6.79. The van der Waals surface area contributed by atoms with E-state index in [0.717, 1.165) is 5.69 Å². The molecule has 0 spiro atoms. The maximum atomic E-state index is 11.8. The van der Waals surface area contributed by atoms with Gasteiger partial charge in [0.1, 0.15) is 0 Å². The Hall–Kier alpha value is -2.24. The highest BCUT2D eigenvalue weighted by Crippen LogP contribution is 2.20. The maximum absolute atomic E-state index is 11.8. The molecule has 0 saturated heterocycles. The summed E-state index contributed by atoms with van der Waals surface area (Å²) in [5, 5.41) is 3.10. The number of rotatable bonds is 5.